The fourth-order valence-electron chi connectivity index (χ4n) is 3.37. The number of barbiturate groups is 1. The Morgan fingerprint density at radius 3 is 2.53 bits per heavy atom. The molecule has 1 heterocycles. The number of hydrogen-bond acceptors (Lipinski definition) is 4. The number of nitrogens with zero attached hydrogens (tertiary/aromatic N) is 1. The van der Waals surface area contributed by atoms with Gasteiger partial charge in [-0.15, -0.1) is 0 Å². The lowest BCUT2D eigenvalue weighted by molar-refractivity contribution is -0.122. The summed E-state index contributed by atoms with van der Waals surface area (Å²) in [6, 6.07) is 16.5. The monoisotopic (exact) mass is 558 g/mol. The molecule has 0 aliphatic carbocycles. The van der Waals surface area contributed by atoms with Gasteiger partial charge < -0.3 is 4.74 Å². The first-order valence-electron chi connectivity index (χ1n) is 10.1. The van der Waals surface area contributed by atoms with E-state index in [-0.39, 0.29) is 12.2 Å². The average Bonchev–Trinajstić information content (AvgIpc) is 2.78. The van der Waals surface area contributed by atoms with Crippen LogP contribution in [-0.2, 0) is 16.2 Å². The fraction of sp³-hybridized carbons (Fsp3) is 0.0800. The Morgan fingerprint density at radius 2 is 1.79 bits per heavy atom. The number of hydrogen-bond donors (Lipinski definition) is 1. The molecule has 4 amide bonds. The van der Waals surface area contributed by atoms with Crippen LogP contribution < -0.4 is 15.0 Å². The van der Waals surface area contributed by atoms with Gasteiger partial charge in [-0.05, 0) is 66.6 Å². The van der Waals surface area contributed by atoms with Crippen molar-refractivity contribution in [1.29, 1.82) is 0 Å². The zero-order chi connectivity index (χ0) is 24.4. The van der Waals surface area contributed by atoms with Crippen molar-refractivity contribution in [2.45, 2.75) is 13.5 Å². The molecule has 1 aliphatic heterocycles. The van der Waals surface area contributed by atoms with E-state index in [1.807, 2.05) is 13.0 Å². The third kappa shape index (κ3) is 5.17. The summed E-state index contributed by atoms with van der Waals surface area (Å²) >= 11 is 15.4. The predicted molar refractivity (Wildman–Crippen MR) is 135 cm³/mol. The van der Waals surface area contributed by atoms with Crippen molar-refractivity contribution in [3.05, 3.63) is 97.4 Å². The Balaban J connectivity index is 1.67. The lowest BCUT2D eigenvalue weighted by Gasteiger charge is -2.26. The Bertz CT molecular complexity index is 1360. The smallest absolute Gasteiger partial charge is 0.335 e. The second-order valence-electron chi connectivity index (χ2n) is 7.52. The number of urea groups is 1. The normalized spacial score (nSPS) is 15.0. The molecule has 0 aromatic heterocycles. The van der Waals surface area contributed by atoms with E-state index in [1.54, 1.807) is 54.6 Å². The minimum Gasteiger partial charge on any atom is -0.488 e. The number of aryl methyl sites for hydroxylation is 1. The molecule has 1 saturated heterocycles. The molecule has 172 valence electrons. The van der Waals surface area contributed by atoms with E-state index in [2.05, 4.69) is 21.2 Å². The highest BCUT2D eigenvalue weighted by Crippen LogP contribution is 2.30. The van der Waals surface area contributed by atoms with E-state index in [0.717, 1.165) is 20.5 Å². The lowest BCUT2D eigenvalue weighted by Crippen LogP contribution is -2.54. The van der Waals surface area contributed by atoms with Crippen LogP contribution in [0.25, 0.3) is 6.08 Å². The van der Waals surface area contributed by atoms with Crippen LogP contribution in [0.3, 0.4) is 0 Å². The minimum absolute atomic E-state index is 0.183. The van der Waals surface area contributed by atoms with E-state index < -0.39 is 17.8 Å². The standard InChI is InChI=1S/C25H17BrCl2N2O4/c1-14-3-2-4-18(9-14)30-24(32)19(23(31)29-25(30)33)12-16-11-17(26)6-8-22(16)34-13-15-5-7-20(27)21(28)10-15/h2-12H,13H2,1H3,(H,29,31,33)/b19-12+. The summed E-state index contributed by atoms with van der Waals surface area (Å²) in [5, 5.41) is 3.08. The summed E-state index contributed by atoms with van der Waals surface area (Å²) in [4.78, 5) is 39.2. The number of halogens is 3. The second kappa shape index (κ2) is 10.0. The van der Waals surface area contributed by atoms with E-state index in [9.17, 15) is 14.4 Å². The summed E-state index contributed by atoms with van der Waals surface area (Å²) in [6.45, 7) is 2.03. The molecule has 3 aromatic carbocycles. The van der Waals surface area contributed by atoms with E-state index in [4.69, 9.17) is 27.9 Å². The molecule has 0 unspecified atom stereocenters. The number of imide groups is 2. The van der Waals surface area contributed by atoms with Gasteiger partial charge >= 0.3 is 6.03 Å². The molecule has 1 aliphatic rings. The average molecular weight is 560 g/mol. The SMILES string of the molecule is Cc1cccc(N2C(=O)NC(=O)/C(=C\c3cc(Br)ccc3OCc3ccc(Cl)c(Cl)c3)C2=O)c1. The zero-order valence-electron chi connectivity index (χ0n) is 17.8. The molecule has 9 heteroatoms. The van der Waals surface area contributed by atoms with Crippen molar-refractivity contribution in [2.75, 3.05) is 4.90 Å². The number of nitrogens with one attached hydrogen (secondary N) is 1. The first kappa shape index (κ1) is 24.0. The van der Waals surface area contributed by atoms with Crippen molar-refractivity contribution in [3.8, 4) is 5.75 Å². The summed E-state index contributed by atoms with van der Waals surface area (Å²) in [5.74, 6) is -1.08. The van der Waals surface area contributed by atoms with Crippen molar-refractivity contribution < 1.29 is 19.1 Å². The third-order valence-corrected chi connectivity index (χ3v) is 6.24. The Labute approximate surface area is 214 Å². The van der Waals surface area contributed by atoms with Gasteiger partial charge in [0.15, 0.2) is 0 Å². The Hall–Kier alpha value is -3.13. The van der Waals surface area contributed by atoms with E-state index in [1.165, 1.54) is 6.08 Å². The summed E-state index contributed by atoms with van der Waals surface area (Å²) < 4.78 is 6.66. The first-order valence-corrected chi connectivity index (χ1v) is 11.6. The van der Waals surface area contributed by atoms with Crippen LogP contribution in [0.1, 0.15) is 16.7 Å². The van der Waals surface area contributed by atoms with Gasteiger partial charge in [0.2, 0.25) is 0 Å². The van der Waals surface area contributed by atoms with E-state index >= 15 is 0 Å². The molecule has 0 spiro atoms. The number of carbonyl (C=O) groups is 3. The van der Waals surface area contributed by atoms with Gasteiger partial charge in [0.25, 0.3) is 11.8 Å². The maximum atomic E-state index is 13.2. The van der Waals surface area contributed by atoms with Gasteiger partial charge in [-0.1, -0.05) is 57.3 Å². The molecule has 1 fully saturated rings. The number of carbonyl (C=O) groups excluding carboxylic acids is 3. The van der Waals surface area contributed by atoms with Gasteiger partial charge in [0.05, 0.1) is 15.7 Å². The molecule has 0 bridgehead atoms. The van der Waals surface area contributed by atoms with Gasteiger partial charge in [-0.3, -0.25) is 14.9 Å². The fourth-order valence-corrected chi connectivity index (χ4v) is 4.07. The first-order chi connectivity index (χ1) is 16.2. The number of rotatable bonds is 5. The molecule has 0 atom stereocenters. The molecular formula is C25H17BrCl2N2O4. The molecule has 34 heavy (non-hydrogen) atoms. The van der Waals surface area contributed by atoms with Gasteiger partial charge in [-0.25, -0.2) is 9.69 Å². The van der Waals surface area contributed by atoms with Crippen LogP contribution >= 0.6 is 39.1 Å². The highest BCUT2D eigenvalue weighted by molar-refractivity contribution is 9.10. The second-order valence-corrected chi connectivity index (χ2v) is 9.25. The van der Waals surface area contributed by atoms with Crippen LogP contribution in [0.5, 0.6) is 5.75 Å². The molecule has 1 N–H and O–H groups in total. The molecule has 0 radical (unpaired) electrons. The van der Waals surface area contributed by atoms with E-state index in [0.29, 0.717) is 27.0 Å². The number of ether oxygens (including phenoxy) is 1. The molecular weight excluding hydrogens is 543 g/mol. The molecule has 3 aromatic rings. The van der Waals surface area contributed by atoms with Crippen LogP contribution in [0.15, 0.2) is 70.7 Å². The van der Waals surface area contributed by atoms with Gasteiger partial charge in [-0.2, -0.15) is 0 Å². The molecule has 6 nitrogen and oxygen atoms in total. The van der Waals surface area contributed by atoms with Crippen LogP contribution in [0.4, 0.5) is 10.5 Å². The van der Waals surface area contributed by atoms with Crippen molar-refractivity contribution in [1.82, 2.24) is 5.32 Å². The summed E-state index contributed by atoms with van der Waals surface area (Å²) in [6.07, 6.45) is 1.40. The highest BCUT2D eigenvalue weighted by Gasteiger charge is 2.37. The topological polar surface area (TPSA) is 75.7 Å². The summed E-state index contributed by atoms with van der Waals surface area (Å²) in [7, 11) is 0. The largest absolute Gasteiger partial charge is 0.488 e. The number of benzene rings is 3. The van der Waals surface area contributed by atoms with Gasteiger partial charge in [0, 0.05) is 10.0 Å². The molecule has 4 rings (SSSR count). The van der Waals surface area contributed by atoms with Crippen molar-refractivity contribution in [3.63, 3.8) is 0 Å². The van der Waals surface area contributed by atoms with Gasteiger partial charge in [0.1, 0.15) is 17.9 Å². The minimum atomic E-state index is -0.803. The predicted octanol–water partition coefficient (Wildman–Crippen LogP) is 6.31. The number of anilines is 1. The highest BCUT2D eigenvalue weighted by atomic mass is 79.9. The van der Waals surface area contributed by atoms with Crippen LogP contribution in [0, 0.1) is 6.92 Å². The van der Waals surface area contributed by atoms with Crippen molar-refractivity contribution in [2.24, 2.45) is 0 Å². The number of amides is 4. The third-order valence-electron chi connectivity index (χ3n) is 5.01. The quantitative estimate of drug-likeness (QED) is 0.293. The van der Waals surface area contributed by atoms with Crippen molar-refractivity contribution >= 4 is 68.7 Å². The van der Waals surface area contributed by atoms with Crippen LogP contribution in [-0.4, -0.2) is 17.8 Å². The zero-order valence-corrected chi connectivity index (χ0v) is 20.9. The lowest BCUT2D eigenvalue weighted by atomic mass is 10.1. The maximum absolute atomic E-state index is 13.2. The summed E-state index contributed by atoms with van der Waals surface area (Å²) in [5.41, 5.74) is 2.31. The van der Waals surface area contributed by atoms with Crippen LogP contribution in [0.2, 0.25) is 10.0 Å². The maximum Gasteiger partial charge on any atom is 0.335 e. The molecule has 0 saturated carbocycles. The Kier molecular flexibility index (Phi) is 7.07. The Morgan fingerprint density at radius 1 is 1.00 bits per heavy atom.